The number of rotatable bonds is 4. The first kappa shape index (κ1) is 33.3. The van der Waals surface area contributed by atoms with Gasteiger partial charge in [-0.05, 0) is 38.0 Å². The summed E-state index contributed by atoms with van der Waals surface area (Å²) in [5.74, 6) is -0.971. The van der Waals surface area contributed by atoms with Crippen molar-refractivity contribution in [1.82, 2.24) is 5.32 Å². The quantitative estimate of drug-likeness (QED) is 0.273. The molecule has 0 aromatic heterocycles. The van der Waals surface area contributed by atoms with Crippen LogP contribution in [0.15, 0.2) is 35.9 Å². The molecule has 43 heavy (non-hydrogen) atoms. The first-order chi connectivity index (χ1) is 20.3. The van der Waals surface area contributed by atoms with E-state index >= 15 is 0 Å². The molecule has 2 fully saturated rings. The number of nitrogens with one attached hydrogen (secondary N) is 1. The summed E-state index contributed by atoms with van der Waals surface area (Å²) in [6.45, 7) is 5.50. The Bertz CT molecular complexity index is 1320. The van der Waals surface area contributed by atoms with Crippen molar-refractivity contribution in [3.8, 4) is 5.75 Å². The molecule has 0 saturated carbocycles. The number of alkyl halides is 1. The van der Waals surface area contributed by atoms with Gasteiger partial charge in [-0.25, -0.2) is 4.79 Å². The Morgan fingerprint density at radius 1 is 1.30 bits per heavy atom. The van der Waals surface area contributed by atoms with E-state index in [1.807, 2.05) is 26.0 Å². The monoisotopic (exact) mass is 684 g/mol. The van der Waals surface area contributed by atoms with Crippen LogP contribution in [-0.4, -0.2) is 85.4 Å². The number of carbonyl (C=O) groups is 3. The van der Waals surface area contributed by atoms with Crippen molar-refractivity contribution in [2.45, 2.75) is 75.8 Å². The van der Waals surface area contributed by atoms with Crippen LogP contribution in [-0.2, 0) is 35.0 Å². The number of methoxy groups -OCH3 is 2. The number of allylic oxidation sites excluding steroid dienone is 3. The zero-order chi connectivity index (χ0) is 31.7. The topological polar surface area (TPSA) is 136 Å². The van der Waals surface area contributed by atoms with E-state index in [2.05, 4.69) is 21.2 Å². The number of alkyl carbamates (subject to hydrolysis) is 1. The number of hydrogen-bond acceptors (Lipinski definition) is 9. The summed E-state index contributed by atoms with van der Waals surface area (Å²) in [6.07, 6.45) is 1.58. The molecule has 1 aromatic rings. The van der Waals surface area contributed by atoms with E-state index in [1.165, 1.54) is 19.1 Å². The second kappa shape index (κ2) is 13.2. The number of ether oxygens (including phenoxy) is 5. The maximum atomic E-state index is 13.7. The van der Waals surface area contributed by atoms with Crippen LogP contribution < -0.4 is 15.0 Å². The molecule has 7 atom stereocenters. The summed E-state index contributed by atoms with van der Waals surface area (Å²) in [5.41, 5.74) is -0.611. The van der Waals surface area contributed by atoms with Gasteiger partial charge in [-0.15, -0.1) is 0 Å². The van der Waals surface area contributed by atoms with Crippen LogP contribution in [0.1, 0.15) is 39.2 Å². The Balaban J connectivity index is 1.79. The standard InChI is InChI=1S/C30H38BrClN2O9/c1-16-8-7-9-22(40-6)30(38)14-21(41-28(37)33-30)17(2)27-29(3,43-27)23(42-25(36)15-31)13-24(35)34(4)19-11-18(10-16)12-20(39-5)26(19)32/h7-9,11-12,17,21-23,27,38H,10,13-15H2,1-6H3,(H,33,37)/b9-7+,16-8+/t17-,21+,22-,23+,27+,29+,30+/m1/s1. The number of fused-ring (bicyclic) bond motifs is 5. The number of nitrogens with zero attached hydrogens (tertiary/aromatic N) is 1. The second-order valence-electron chi connectivity index (χ2n) is 11.4. The summed E-state index contributed by atoms with van der Waals surface area (Å²) in [5, 5.41) is 14.2. The summed E-state index contributed by atoms with van der Waals surface area (Å²) in [4.78, 5) is 40.2. The van der Waals surface area contributed by atoms with Crippen molar-refractivity contribution in [3.63, 3.8) is 0 Å². The molecule has 2 amide bonds. The maximum absolute atomic E-state index is 13.7. The molecule has 0 radical (unpaired) electrons. The lowest BCUT2D eigenvalue weighted by atomic mass is 9.83. The van der Waals surface area contributed by atoms with Crippen molar-refractivity contribution < 1.29 is 43.2 Å². The van der Waals surface area contributed by atoms with E-state index in [-0.39, 0.29) is 29.1 Å². The lowest BCUT2D eigenvalue weighted by Crippen LogP contribution is -2.63. The average molecular weight is 686 g/mol. The highest BCUT2D eigenvalue weighted by Gasteiger charge is 2.64. The third kappa shape index (κ3) is 7.04. The fraction of sp³-hybridized carbons (Fsp3) is 0.567. The van der Waals surface area contributed by atoms with Crippen LogP contribution in [0.25, 0.3) is 0 Å². The normalized spacial score (nSPS) is 35.0. The van der Waals surface area contributed by atoms with Crippen LogP contribution in [0.4, 0.5) is 10.5 Å². The van der Waals surface area contributed by atoms with Crippen molar-refractivity contribution >= 4 is 51.2 Å². The number of benzene rings is 1. The van der Waals surface area contributed by atoms with Gasteiger partial charge in [0.25, 0.3) is 0 Å². The van der Waals surface area contributed by atoms with E-state index in [4.69, 9.17) is 35.3 Å². The number of halogens is 2. The number of aliphatic hydroxyl groups is 1. The Morgan fingerprint density at radius 2 is 2.02 bits per heavy atom. The highest BCUT2D eigenvalue weighted by Crippen LogP contribution is 2.49. The lowest BCUT2D eigenvalue weighted by molar-refractivity contribution is -0.150. The molecular formula is C30H38BrClN2O9. The summed E-state index contributed by atoms with van der Waals surface area (Å²) >= 11 is 9.77. The van der Waals surface area contributed by atoms with Crippen molar-refractivity contribution in [2.75, 3.05) is 31.5 Å². The number of amides is 2. The first-order valence-corrected chi connectivity index (χ1v) is 15.4. The third-order valence-electron chi connectivity index (χ3n) is 8.33. The Kier molecular flexibility index (Phi) is 10.2. The first-order valence-electron chi connectivity index (χ1n) is 13.9. The molecule has 2 N–H and O–H groups in total. The van der Waals surface area contributed by atoms with Crippen LogP contribution in [0, 0.1) is 5.92 Å². The second-order valence-corrected chi connectivity index (χ2v) is 12.3. The SMILES string of the molecule is COc1cc2cc(c1Cl)N(C)C(=O)C[C@H](OC(=O)CBr)[C@]1(C)O[C@H]1[C@H](C)[C@@H]1C[C@@](O)(NC(=O)O1)[C@H](OC)/C=C/C=C(\C)C2. The molecule has 4 bridgehead atoms. The number of carbonyl (C=O) groups excluding carboxylic acids is 3. The minimum Gasteiger partial charge on any atom is -0.495 e. The van der Waals surface area contributed by atoms with Crippen molar-refractivity contribution in [1.29, 1.82) is 0 Å². The molecule has 2 saturated heterocycles. The molecule has 13 heteroatoms. The molecule has 3 aliphatic rings. The Labute approximate surface area is 264 Å². The molecule has 3 heterocycles. The summed E-state index contributed by atoms with van der Waals surface area (Å²) in [7, 11) is 4.54. The number of epoxide rings is 1. The molecule has 4 rings (SSSR count). The summed E-state index contributed by atoms with van der Waals surface area (Å²) < 4.78 is 28.5. The van der Waals surface area contributed by atoms with Crippen LogP contribution in [0.2, 0.25) is 5.02 Å². The fourth-order valence-electron chi connectivity index (χ4n) is 5.80. The number of esters is 1. The Hall–Kier alpha value is -2.64. The smallest absolute Gasteiger partial charge is 0.409 e. The molecule has 0 aliphatic carbocycles. The van der Waals surface area contributed by atoms with Crippen molar-refractivity contribution in [3.05, 3.63) is 46.5 Å². The van der Waals surface area contributed by atoms with Gasteiger partial charge < -0.3 is 33.7 Å². The maximum Gasteiger partial charge on any atom is 0.409 e. The minimum absolute atomic E-state index is 0.000951. The number of hydrogen-bond donors (Lipinski definition) is 2. The molecule has 0 unspecified atom stereocenters. The van der Waals surface area contributed by atoms with Gasteiger partial charge in [0.15, 0.2) is 5.72 Å². The molecule has 11 nitrogen and oxygen atoms in total. The van der Waals surface area contributed by atoms with Gasteiger partial charge >= 0.3 is 12.1 Å². The van der Waals surface area contributed by atoms with Gasteiger partial charge in [0.2, 0.25) is 5.91 Å². The zero-order valence-corrected chi connectivity index (χ0v) is 27.4. The lowest BCUT2D eigenvalue weighted by Gasteiger charge is -2.42. The average Bonchev–Trinajstić information content (AvgIpc) is 3.66. The predicted molar refractivity (Wildman–Crippen MR) is 163 cm³/mol. The summed E-state index contributed by atoms with van der Waals surface area (Å²) in [6, 6.07) is 3.62. The molecule has 1 aromatic carbocycles. The predicted octanol–water partition coefficient (Wildman–Crippen LogP) is 4.06. The molecule has 0 spiro atoms. The van der Waals surface area contributed by atoms with Gasteiger partial charge in [-0.3, -0.25) is 14.9 Å². The van der Waals surface area contributed by atoms with Crippen LogP contribution >= 0.6 is 27.5 Å². The van der Waals surface area contributed by atoms with E-state index in [0.29, 0.717) is 17.9 Å². The van der Waals surface area contributed by atoms with Gasteiger partial charge in [0.05, 0.1) is 25.3 Å². The van der Waals surface area contributed by atoms with E-state index in [9.17, 15) is 19.5 Å². The van der Waals surface area contributed by atoms with E-state index < -0.39 is 53.7 Å². The highest BCUT2D eigenvalue weighted by molar-refractivity contribution is 9.09. The van der Waals surface area contributed by atoms with Crippen molar-refractivity contribution in [2.24, 2.45) is 5.92 Å². The van der Waals surface area contributed by atoms with Gasteiger partial charge in [-0.2, -0.15) is 0 Å². The van der Waals surface area contributed by atoms with Crippen LogP contribution in [0.5, 0.6) is 5.75 Å². The number of anilines is 1. The van der Waals surface area contributed by atoms with Gasteiger partial charge in [-0.1, -0.05) is 58.3 Å². The van der Waals surface area contributed by atoms with E-state index in [0.717, 1.165) is 11.1 Å². The third-order valence-corrected chi connectivity index (χ3v) is 9.17. The largest absolute Gasteiger partial charge is 0.495 e. The van der Waals surface area contributed by atoms with Gasteiger partial charge in [0, 0.05) is 26.5 Å². The highest BCUT2D eigenvalue weighted by atomic mass is 79.9. The van der Waals surface area contributed by atoms with E-state index in [1.54, 1.807) is 32.2 Å². The zero-order valence-electron chi connectivity index (χ0n) is 25.0. The van der Waals surface area contributed by atoms with Crippen LogP contribution in [0.3, 0.4) is 0 Å². The fourth-order valence-corrected chi connectivity index (χ4v) is 6.24. The molecule has 3 aliphatic heterocycles. The minimum atomic E-state index is -1.77. The molecule has 236 valence electrons. The Morgan fingerprint density at radius 3 is 2.67 bits per heavy atom. The van der Waals surface area contributed by atoms with Gasteiger partial charge in [0.1, 0.15) is 40.0 Å². The molecular weight excluding hydrogens is 648 g/mol.